The predicted molar refractivity (Wildman–Crippen MR) is 96.4 cm³/mol. The molecule has 1 saturated heterocycles. The zero-order valence-corrected chi connectivity index (χ0v) is 14.9. The number of morpholine rings is 1. The van der Waals surface area contributed by atoms with Crippen molar-refractivity contribution in [3.63, 3.8) is 0 Å². The summed E-state index contributed by atoms with van der Waals surface area (Å²) in [7, 11) is 0. The smallest absolute Gasteiger partial charge is 0.258 e. The van der Waals surface area contributed by atoms with Gasteiger partial charge in [0.25, 0.3) is 5.91 Å². The van der Waals surface area contributed by atoms with Gasteiger partial charge in [0.2, 0.25) is 0 Å². The second-order valence-electron chi connectivity index (χ2n) is 6.24. The Labute approximate surface area is 156 Å². The molecule has 27 heavy (non-hydrogen) atoms. The molecule has 0 radical (unpaired) electrons. The zero-order valence-electron chi connectivity index (χ0n) is 14.9. The molecule has 1 heterocycles. The number of carbonyl (C=O) groups is 1. The Bertz CT molecular complexity index is 752. The number of hydrogen-bond acceptors (Lipinski definition) is 4. The van der Waals surface area contributed by atoms with E-state index < -0.39 is 11.6 Å². The third kappa shape index (κ3) is 5.48. The van der Waals surface area contributed by atoms with Crippen molar-refractivity contribution in [1.82, 2.24) is 10.2 Å². The van der Waals surface area contributed by atoms with E-state index in [2.05, 4.69) is 10.2 Å². The highest BCUT2D eigenvalue weighted by Crippen LogP contribution is 2.21. The minimum absolute atomic E-state index is 0.0154. The van der Waals surface area contributed by atoms with Gasteiger partial charge in [0.05, 0.1) is 19.3 Å². The quantitative estimate of drug-likeness (QED) is 0.807. The van der Waals surface area contributed by atoms with Crippen molar-refractivity contribution in [2.75, 3.05) is 39.5 Å². The van der Waals surface area contributed by atoms with Crippen LogP contribution in [0.5, 0.6) is 5.75 Å². The molecular weight excluding hydrogens is 354 g/mol. The first-order chi connectivity index (χ1) is 13.1. The lowest BCUT2D eigenvalue weighted by molar-refractivity contribution is -0.123. The lowest BCUT2D eigenvalue weighted by atomic mass is 10.0. The molecule has 144 valence electrons. The van der Waals surface area contributed by atoms with Gasteiger partial charge >= 0.3 is 0 Å². The molecule has 1 fully saturated rings. The van der Waals surface area contributed by atoms with Crippen molar-refractivity contribution in [1.29, 1.82) is 0 Å². The maximum Gasteiger partial charge on any atom is 0.258 e. The van der Waals surface area contributed by atoms with Crippen LogP contribution in [-0.4, -0.2) is 50.3 Å². The summed E-state index contributed by atoms with van der Waals surface area (Å²) >= 11 is 0. The Balaban J connectivity index is 1.56. The van der Waals surface area contributed by atoms with E-state index in [1.165, 1.54) is 6.07 Å². The average molecular weight is 376 g/mol. The standard InChI is InChI=1S/C20H22F2N2O3/c21-16-6-7-19(17(22)12-16)27-14-20(25)23-13-18(15-4-2-1-3-5-15)24-8-10-26-11-9-24/h1-7,12,18H,8-11,13-14H2,(H,23,25). The summed E-state index contributed by atoms with van der Waals surface area (Å²) in [6, 6.07) is 12.9. The van der Waals surface area contributed by atoms with Crippen LogP contribution in [-0.2, 0) is 9.53 Å². The van der Waals surface area contributed by atoms with E-state index in [1.807, 2.05) is 30.3 Å². The topological polar surface area (TPSA) is 50.8 Å². The fourth-order valence-corrected chi connectivity index (χ4v) is 3.02. The largest absolute Gasteiger partial charge is 0.481 e. The van der Waals surface area contributed by atoms with Gasteiger partial charge in [-0.3, -0.25) is 9.69 Å². The highest BCUT2D eigenvalue weighted by Gasteiger charge is 2.23. The number of halogens is 2. The molecule has 0 saturated carbocycles. The van der Waals surface area contributed by atoms with E-state index >= 15 is 0 Å². The van der Waals surface area contributed by atoms with Gasteiger partial charge in [0.15, 0.2) is 18.2 Å². The van der Waals surface area contributed by atoms with Gasteiger partial charge in [-0.05, 0) is 17.7 Å². The number of rotatable bonds is 7. The number of carbonyl (C=O) groups excluding carboxylic acids is 1. The van der Waals surface area contributed by atoms with Crippen molar-refractivity contribution < 1.29 is 23.0 Å². The van der Waals surface area contributed by atoms with Gasteiger partial charge in [-0.1, -0.05) is 30.3 Å². The number of nitrogens with zero attached hydrogens (tertiary/aromatic N) is 1. The molecule has 1 N–H and O–H groups in total. The van der Waals surface area contributed by atoms with Gasteiger partial charge < -0.3 is 14.8 Å². The molecular formula is C20H22F2N2O3. The molecule has 1 amide bonds. The number of hydrogen-bond donors (Lipinski definition) is 1. The Kier molecular flexibility index (Phi) is 6.73. The van der Waals surface area contributed by atoms with Gasteiger partial charge in [-0.25, -0.2) is 8.78 Å². The van der Waals surface area contributed by atoms with E-state index in [-0.39, 0.29) is 24.3 Å². The van der Waals surface area contributed by atoms with Crippen LogP contribution in [0.15, 0.2) is 48.5 Å². The maximum absolute atomic E-state index is 13.6. The van der Waals surface area contributed by atoms with Crippen LogP contribution in [0.2, 0.25) is 0 Å². The minimum atomic E-state index is -0.835. The predicted octanol–water partition coefficient (Wildman–Crippen LogP) is 2.53. The average Bonchev–Trinajstić information content (AvgIpc) is 2.69. The fourth-order valence-electron chi connectivity index (χ4n) is 3.02. The van der Waals surface area contributed by atoms with Crippen molar-refractivity contribution in [2.45, 2.75) is 6.04 Å². The first-order valence-corrected chi connectivity index (χ1v) is 8.85. The van der Waals surface area contributed by atoms with Gasteiger partial charge in [-0.2, -0.15) is 0 Å². The Morgan fingerprint density at radius 1 is 1.15 bits per heavy atom. The second-order valence-corrected chi connectivity index (χ2v) is 6.24. The summed E-state index contributed by atoms with van der Waals surface area (Å²) in [6.45, 7) is 2.94. The number of benzene rings is 2. The van der Waals surface area contributed by atoms with Crippen LogP contribution >= 0.6 is 0 Å². The highest BCUT2D eigenvalue weighted by atomic mass is 19.1. The van der Waals surface area contributed by atoms with E-state index in [4.69, 9.17) is 9.47 Å². The van der Waals surface area contributed by atoms with Crippen molar-refractivity contribution in [2.24, 2.45) is 0 Å². The van der Waals surface area contributed by atoms with Crippen molar-refractivity contribution in [3.05, 3.63) is 65.7 Å². The molecule has 1 unspecified atom stereocenters. The van der Waals surface area contributed by atoms with Crippen LogP contribution in [0.4, 0.5) is 8.78 Å². The molecule has 0 bridgehead atoms. The lowest BCUT2D eigenvalue weighted by Gasteiger charge is -2.34. The molecule has 1 atom stereocenters. The number of ether oxygens (including phenoxy) is 2. The lowest BCUT2D eigenvalue weighted by Crippen LogP contribution is -2.44. The molecule has 0 aromatic heterocycles. The number of amides is 1. The Morgan fingerprint density at radius 3 is 2.59 bits per heavy atom. The third-order valence-corrected chi connectivity index (χ3v) is 4.42. The molecule has 0 spiro atoms. The molecule has 2 aromatic carbocycles. The summed E-state index contributed by atoms with van der Waals surface area (Å²) in [6.07, 6.45) is 0. The highest BCUT2D eigenvalue weighted by molar-refractivity contribution is 5.77. The first-order valence-electron chi connectivity index (χ1n) is 8.85. The number of nitrogens with one attached hydrogen (secondary N) is 1. The van der Waals surface area contributed by atoms with Crippen LogP contribution in [0.1, 0.15) is 11.6 Å². The molecule has 5 nitrogen and oxygen atoms in total. The normalized spacial score (nSPS) is 15.9. The van der Waals surface area contributed by atoms with E-state index in [0.29, 0.717) is 19.8 Å². The van der Waals surface area contributed by atoms with Crippen LogP contribution in [0, 0.1) is 11.6 Å². The van der Waals surface area contributed by atoms with Gasteiger partial charge in [0, 0.05) is 25.7 Å². The Morgan fingerprint density at radius 2 is 1.89 bits per heavy atom. The van der Waals surface area contributed by atoms with Crippen LogP contribution < -0.4 is 10.1 Å². The summed E-state index contributed by atoms with van der Waals surface area (Å²) in [5.41, 5.74) is 1.10. The van der Waals surface area contributed by atoms with Crippen molar-refractivity contribution >= 4 is 5.91 Å². The minimum Gasteiger partial charge on any atom is -0.481 e. The first kappa shape index (κ1) is 19.3. The zero-order chi connectivity index (χ0) is 19.1. The summed E-state index contributed by atoms with van der Waals surface area (Å²) in [5.74, 6) is -2.05. The summed E-state index contributed by atoms with van der Waals surface area (Å²) < 4.78 is 37.0. The summed E-state index contributed by atoms with van der Waals surface area (Å²) in [5, 5.41) is 2.84. The molecule has 7 heteroatoms. The molecule has 0 aliphatic carbocycles. The monoisotopic (exact) mass is 376 g/mol. The van der Waals surface area contributed by atoms with Crippen molar-refractivity contribution in [3.8, 4) is 5.75 Å². The van der Waals surface area contributed by atoms with Crippen LogP contribution in [0.3, 0.4) is 0 Å². The summed E-state index contributed by atoms with van der Waals surface area (Å²) in [4.78, 5) is 14.4. The maximum atomic E-state index is 13.6. The van der Waals surface area contributed by atoms with Gasteiger partial charge in [-0.15, -0.1) is 0 Å². The molecule has 1 aliphatic rings. The third-order valence-electron chi connectivity index (χ3n) is 4.42. The van der Waals surface area contributed by atoms with E-state index in [9.17, 15) is 13.6 Å². The van der Waals surface area contributed by atoms with Crippen LogP contribution in [0.25, 0.3) is 0 Å². The molecule has 2 aromatic rings. The fraction of sp³-hybridized carbons (Fsp3) is 0.350. The molecule has 3 rings (SSSR count). The SMILES string of the molecule is O=C(COc1ccc(F)cc1F)NCC(c1ccccc1)N1CCOCC1. The second kappa shape index (κ2) is 9.43. The van der Waals surface area contributed by atoms with E-state index in [0.717, 1.165) is 30.8 Å². The van der Waals surface area contributed by atoms with Gasteiger partial charge in [0.1, 0.15) is 5.82 Å². The Hall–Kier alpha value is -2.51. The molecule has 1 aliphatic heterocycles. The van der Waals surface area contributed by atoms with E-state index in [1.54, 1.807) is 0 Å².